The standard InChI is InChI=1S/C26H30N4O3/c1-17-9-11-19(12-10-17)7-6-13-30-22-16-20(8-4-5-14-33-3)18(2)15-21(22)27-23-24(30)28-26(32)29-25(23)31/h9-12,15-16H,4-8,13-14H2,1-3H3,(H,29,31,32). The number of aromatic nitrogens is 4. The summed E-state index contributed by atoms with van der Waals surface area (Å²) in [5.41, 5.74) is 5.56. The smallest absolute Gasteiger partial charge is 0.349 e. The van der Waals surface area contributed by atoms with Gasteiger partial charge in [-0.3, -0.25) is 9.78 Å². The number of aromatic amines is 1. The maximum Gasteiger partial charge on any atom is 0.349 e. The number of nitrogens with one attached hydrogen (secondary N) is 1. The van der Waals surface area contributed by atoms with Crippen LogP contribution in [0.4, 0.5) is 0 Å². The second-order valence-corrected chi connectivity index (χ2v) is 8.61. The predicted octanol–water partition coefficient (Wildman–Crippen LogP) is 3.80. The topological polar surface area (TPSA) is 89.9 Å². The average Bonchev–Trinajstić information content (AvgIpc) is 2.78. The second kappa shape index (κ2) is 10.1. The molecule has 0 aromatic heterocycles. The van der Waals surface area contributed by atoms with Gasteiger partial charge in [0.25, 0.3) is 5.56 Å². The molecule has 1 N–H and O–H groups in total. The van der Waals surface area contributed by atoms with Gasteiger partial charge in [0, 0.05) is 20.3 Å². The fourth-order valence-corrected chi connectivity index (χ4v) is 4.24. The highest BCUT2D eigenvalue weighted by atomic mass is 16.5. The third-order valence-corrected chi connectivity index (χ3v) is 6.08. The zero-order chi connectivity index (χ0) is 23.4. The molecule has 0 saturated carbocycles. The van der Waals surface area contributed by atoms with Crippen LogP contribution in [0, 0.1) is 13.8 Å². The number of methoxy groups -OCH3 is 1. The lowest BCUT2D eigenvalue weighted by Crippen LogP contribution is -2.29. The lowest BCUT2D eigenvalue weighted by atomic mass is 10.0. The summed E-state index contributed by atoms with van der Waals surface area (Å²) >= 11 is 0. The Morgan fingerprint density at radius 1 is 0.970 bits per heavy atom. The number of rotatable bonds is 9. The number of nitrogens with zero attached hydrogens (tertiary/aromatic N) is 3. The van der Waals surface area contributed by atoms with Crippen LogP contribution in [0.1, 0.15) is 41.5 Å². The monoisotopic (exact) mass is 446 g/mol. The Kier molecular flexibility index (Phi) is 6.99. The summed E-state index contributed by atoms with van der Waals surface area (Å²) in [4.78, 5) is 35.5. The van der Waals surface area contributed by atoms with Crippen LogP contribution in [0.5, 0.6) is 0 Å². The number of hydrogen-bond donors (Lipinski definition) is 1. The molecule has 0 saturated heterocycles. The maximum absolute atomic E-state index is 12.5. The first kappa shape index (κ1) is 22.9. The van der Waals surface area contributed by atoms with Crippen LogP contribution in [0.25, 0.3) is 22.6 Å². The molecule has 0 unspecified atom stereocenters. The second-order valence-electron chi connectivity index (χ2n) is 8.61. The van der Waals surface area contributed by atoms with E-state index in [0.717, 1.165) is 55.3 Å². The first-order valence-electron chi connectivity index (χ1n) is 11.4. The fourth-order valence-electron chi connectivity index (χ4n) is 4.24. The van der Waals surface area contributed by atoms with Gasteiger partial charge in [-0.15, -0.1) is 0 Å². The van der Waals surface area contributed by atoms with Crippen LogP contribution in [-0.2, 0) is 24.1 Å². The highest BCUT2D eigenvalue weighted by molar-refractivity contribution is 5.81. The van der Waals surface area contributed by atoms with Gasteiger partial charge in [0.2, 0.25) is 0 Å². The van der Waals surface area contributed by atoms with Gasteiger partial charge in [-0.25, -0.2) is 9.78 Å². The van der Waals surface area contributed by atoms with Crippen molar-refractivity contribution in [3.8, 4) is 11.5 Å². The molecule has 2 heterocycles. The molecule has 0 radical (unpaired) electrons. The zero-order valence-corrected chi connectivity index (χ0v) is 19.5. The van der Waals surface area contributed by atoms with Crippen LogP contribution in [-0.4, -0.2) is 33.2 Å². The molecule has 0 amide bonds. The normalized spacial score (nSPS) is 11.5. The molecular formula is C26H30N4O3. The van der Waals surface area contributed by atoms with Crippen molar-refractivity contribution in [3.05, 3.63) is 79.5 Å². The molecule has 4 rings (SSSR count). The Labute approximate surface area is 192 Å². The number of hydrogen-bond acceptors (Lipinski definition) is 5. The molecule has 2 aromatic rings. The SMILES string of the molecule is COCCCCc1cc2c(cc1C)nc1c(=O)[nH]c(=O)nc-1n2CCCc1ccc(C)cc1. The summed E-state index contributed by atoms with van der Waals surface area (Å²) in [5.74, 6) is 0.342. The molecule has 172 valence electrons. The summed E-state index contributed by atoms with van der Waals surface area (Å²) < 4.78 is 7.16. The van der Waals surface area contributed by atoms with Crippen LogP contribution >= 0.6 is 0 Å². The average molecular weight is 447 g/mol. The van der Waals surface area contributed by atoms with Crippen molar-refractivity contribution in [3.63, 3.8) is 0 Å². The van der Waals surface area contributed by atoms with Crippen LogP contribution in [0.3, 0.4) is 0 Å². The molecular weight excluding hydrogens is 416 g/mol. The summed E-state index contributed by atoms with van der Waals surface area (Å²) in [7, 11) is 1.72. The quantitative estimate of drug-likeness (QED) is 0.312. The minimum Gasteiger partial charge on any atom is -0.385 e. The molecule has 2 aliphatic heterocycles. The van der Waals surface area contributed by atoms with E-state index in [0.29, 0.717) is 12.4 Å². The number of H-pyrrole nitrogens is 1. The van der Waals surface area contributed by atoms with E-state index >= 15 is 0 Å². The Hall–Kier alpha value is -3.32. The van der Waals surface area contributed by atoms with Crippen molar-refractivity contribution >= 4 is 11.0 Å². The number of benzene rings is 2. The molecule has 2 aliphatic rings. The number of aryl methyl sites for hydroxylation is 5. The molecule has 0 fully saturated rings. The first-order valence-corrected chi connectivity index (χ1v) is 11.4. The van der Waals surface area contributed by atoms with Crippen LogP contribution in [0.15, 0.2) is 46.0 Å². The van der Waals surface area contributed by atoms with Gasteiger partial charge in [-0.05, 0) is 74.8 Å². The molecule has 0 bridgehead atoms. The van der Waals surface area contributed by atoms with E-state index in [1.54, 1.807) is 7.11 Å². The maximum atomic E-state index is 12.5. The number of ether oxygens (including phenoxy) is 1. The molecule has 0 atom stereocenters. The Morgan fingerprint density at radius 3 is 2.52 bits per heavy atom. The van der Waals surface area contributed by atoms with Crippen molar-refractivity contribution < 1.29 is 4.74 Å². The van der Waals surface area contributed by atoms with Crippen molar-refractivity contribution in [2.45, 2.75) is 52.5 Å². The molecule has 33 heavy (non-hydrogen) atoms. The largest absolute Gasteiger partial charge is 0.385 e. The van der Waals surface area contributed by atoms with E-state index in [9.17, 15) is 9.59 Å². The van der Waals surface area contributed by atoms with Gasteiger partial charge in [0.05, 0.1) is 11.0 Å². The molecule has 2 aromatic carbocycles. The Morgan fingerprint density at radius 2 is 1.76 bits per heavy atom. The van der Waals surface area contributed by atoms with Crippen molar-refractivity contribution in [1.82, 2.24) is 19.5 Å². The van der Waals surface area contributed by atoms with Crippen LogP contribution < -0.4 is 11.2 Å². The predicted molar refractivity (Wildman–Crippen MR) is 130 cm³/mol. The van der Waals surface area contributed by atoms with Crippen LogP contribution in [0.2, 0.25) is 0 Å². The molecule has 7 nitrogen and oxygen atoms in total. The minimum absolute atomic E-state index is 0.199. The fraction of sp³-hybridized carbons (Fsp3) is 0.385. The third kappa shape index (κ3) is 5.20. The Balaban J connectivity index is 1.74. The highest BCUT2D eigenvalue weighted by Crippen LogP contribution is 2.25. The summed E-state index contributed by atoms with van der Waals surface area (Å²) in [6, 6.07) is 12.7. The van der Waals surface area contributed by atoms with Gasteiger partial charge in [-0.2, -0.15) is 4.98 Å². The van der Waals surface area contributed by atoms with Gasteiger partial charge < -0.3 is 9.30 Å². The molecule has 0 spiro atoms. The Bertz CT molecular complexity index is 1340. The zero-order valence-electron chi connectivity index (χ0n) is 19.5. The minimum atomic E-state index is -0.646. The van der Waals surface area contributed by atoms with E-state index in [4.69, 9.17) is 4.74 Å². The lowest BCUT2D eigenvalue weighted by Gasteiger charge is -2.18. The molecule has 7 heteroatoms. The van der Waals surface area contributed by atoms with Gasteiger partial charge >= 0.3 is 5.69 Å². The van der Waals surface area contributed by atoms with E-state index in [1.807, 2.05) is 10.6 Å². The van der Waals surface area contributed by atoms with E-state index in [-0.39, 0.29) is 5.69 Å². The number of unbranched alkanes of at least 4 members (excludes halogenated alkanes) is 1. The highest BCUT2D eigenvalue weighted by Gasteiger charge is 2.19. The summed E-state index contributed by atoms with van der Waals surface area (Å²) in [6.45, 7) is 5.53. The first-order chi connectivity index (χ1) is 16.0. The van der Waals surface area contributed by atoms with Gasteiger partial charge in [0.15, 0.2) is 11.5 Å². The van der Waals surface area contributed by atoms with E-state index in [2.05, 4.69) is 59.1 Å². The van der Waals surface area contributed by atoms with Crippen molar-refractivity contribution in [2.24, 2.45) is 0 Å². The van der Waals surface area contributed by atoms with E-state index in [1.165, 1.54) is 16.7 Å². The van der Waals surface area contributed by atoms with Crippen molar-refractivity contribution in [1.29, 1.82) is 0 Å². The van der Waals surface area contributed by atoms with Gasteiger partial charge in [-0.1, -0.05) is 29.8 Å². The summed E-state index contributed by atoms with van der Waals surface area (Å²) in [6.07, 6.45) is 4.69. The lowest BCUT2D eigenvalue weighted by molar-refractivity contribution is 0.193. The third-order valence-electron chi connectivity index (χ3n) is 6.08. The summed E-state index contributed by atoms with van der Waals surface area (Å²) in [5, 5.41) is 0. The van der Waals surface area contributed by atoms with Gasteiger partial charge in [0.1, 0.15) is 0 Å². The molecule has 0 aliphatic carbocycles. The number of fused-ring (bicyclic) bond motifs is 2. The van der Waals surface area contributed by atoms with E-state index < -0.39 is 11.2 Å². The van der Waals surface area contributed by atoms with Crippen molar-refractivity contribution in [2.75, 3.05) is 13.7 Å².